The minimum absolute atomic E-state index is 0.297. The van der Waals surface area contributed by atoms with Crippen LogP contribution in [0.1, 0.15) is 32.6 Å². The molecule has 0 spiro atoms. The molecule has 0 heterocycles. The first kappa shape index (κ1) is 17.1. The van der Waals surface area contributed by atoms with Crippen molar-refractivity contribution in [3.63, 3.8) is 0 Å². The van der Waals surface area contributed by atoms with Crippen molar-refractivity contribution in [3.05, 3.63) is 23.2 Å². The summed E-state index contributed by atoms with van der Waals surface area (Å²) in [5.74, 6) is -0.301. The maximum absolute atomic E-state index is 12.4. The Kier molecular flexibility index (Phi) is 5.31. The lowest BCUT2D eigenvalue weighted by Gasteiger charge is -2.27. The van der Waals surface area contributed by atoms with Gasteiger partial charge in [0.25, 0.3) is 0 Å². The minimum Gasteiger partial charge on any atom is -0.392 e. The number of anilines is 2. The quantitative estimate of drug-likeness (QED) is 0.779. The third kappa shape index (κ3) is 4.12. The molecule has 1 fully saturated rings. The number of carbonyl (C=O) groups excluding carboxylic acids is 1. The first-order chi connectivity index (χ1) is 10.3. The molecule has 122 valence electrons. The van der Waals surface area contributed by atoms with Crippen molar-refractivity contribution >= 4 is 38.9 Å². The van der Waals surface area contributed by atoms with Crippen LogP contribution in [0.5, 0.6) is 0 Å². The molecule has 0 aromatic heterocycles. The summed E-state index contributed by atoms with van der Waals surface area (Å²) in [6.45, 7) is 1.34. The van der Waals surface area contributed by atoms with Crippen LogP contribution in [0.25, 0.3) is 0 Å². The molecule has 2 unspecified atom stereocenters. The van der Waals surface area contributed by atoms with Crippen LogP contribution in [0.4, 0.5) is 11.4 Å². The summed E-state index contributed by atoms with van der Waals surface area (Å²) in [4.78, 5) is 11.1. The molecule has 1 saturated carbocycles. The van der Waals surface area contributed by atoms with Gasteiger partial charge in [0.05, 0.1) is 22.5 Å². The van der Waals surface area contributed by atoms with Crippen molar-refractivity contribution in [1.29, 1.82) is 0 Å². The molecule has 1 aromatic rings. The molecule has 6 nitrogen and oxygen atoms in total. The maximum Gasteiger partial charge on any atom is 0.238 e. The van der Waals surface area contributed by atoms with Crippen molar-refractivity contribution in [2.24, 2.45) is 0 Å². The third-order valence-corrected chi connectivity index (χ3v) is 5.80. The number of hydrogen-bond acceptors (Lipinski definition) is 4. The average molecular weight is 347 g/mol. The highest BCUT2D eigenvalue weighted by Gasteiger charge is 2.34. The fraction of sp³-hybridized carbons (Fsp3) is 0.500. The first-order valence-corrected chi connectivity index (χ1v) is 8.99. The lowest BCUT2D eigenvalue weighted by Crippen LogP contribution is -2.40. The summed E-state index contributed by atoms with van der Waals surface area (Å²) >= 11 is 5.95. The minimum atomic E-state index is -3.70. The molecule has 0 aliphatic heterocycles. The molecular formula is C14H19ClN2O4S. The van der Waals surface area contributed by atoms with Gasteiger partial charge in [-0.2, -0.15) is 0 Å². The second-order valence-electron chi connectivity index (χ2n) is 5.41. The van der Waals surface area contributed by atoms with Gasteiger partial charge in [-0.15, -0.1) is 0 Å². The Bertz CT molecular complexity index is 663. The molecule has 1 aliphatic rings. The second kappa shape index (κ2) is 6.85. The number of amides is 1. The van der Waals surface area contributed by atoms with E-state index in [4.69, 9.17) is 11.6 Å². The van der Waals surface area contributed by atoms with Crippen LogP contribution < -0.4 is 10.0 Å². The van der Waals surface area contributed by atoms with Crippen molar-refractivity contribution < 1.29 is 18.3 Å². The van der Waals surface area contributed by atoms with E-state index in [1.807, 2.05) is 0 Å². The number of rotatable bonds is 4. The molecule has 1 aromatic carbocycles. The molecule has 0 bridgehead atoms. The predicted octanol–water partition coefficient (Wildman–Crippen LogP) is 2.34. The highest BCUT2D eigenvalue weighted by Crippen LogP contribution is 2.29. The zero-order valence-electron chi connectivity index (χ0n) is 12.2. The average Bonchev–Trinajstić information content (AvgIpc) is 2.42. The number of aliphatic hydroxyl groups is 1. The van der Waals surface area contributed by atoms with Crippen LogP contribution in [0.2, 0.25) is 5.02 Å². The zero-order chi connectivity index (χ0) is 16.3. The van der Waals surface area contributed by atoms with Gasteiger partial charge in [-0.1, -0.05) is 24.4 Å². The Labute approximate surface area is 134 Å². The van der Waals surface area contributed by atoms with Gasteiger partial charge in [0.2, 0.25) is 15.9 Å². The fourth-order valence-corrected chi connectivity index (χ4v) is 4.35. The van der Waals surface area contributed by atoms with Crippen LogP contribution in [0, 0.1) is 0 Å². The highest BCUT2D eigenvalue weighted by atomic mass is 35.5. The highest BCUT2D eigenvalue weighted by molar-refractivity contribution is 7.93. The summed E-state index contributed by atoms with van der Waals surface area (Å²) in [5, 5.41) is 11.9. The van der Waals surface area contributed by atoms with E-state index >= 15 is 0 Å². The van der Waals surface area contributed by atoms with Crippen molar-refractivity contribution in [3.8, 4) is 0 Å². The van der Waals surface area contributed by atoms with E-state index in [2.05, 4.69) is 10.0 Å². The molecule has 2 rings (SSSR count). The molecule has 1 amide bonds. The van der Waals surface area contributed by atoms with Crippen LogP contribution >= 0.6 is 11.6 Å². The van der Waals surface area contributed by atoms with E-state index in [-0.39, 0.29) is 5.91 Å². The summed E-state index contributed by atoms with van der Waals surface area (Å²) in [7, 11) is -3.70. The predicted molar refractivity (Wildman–Crippen MR) is 86.6 cm³/mol. The molecular weight excluding hydrogens is 328 g/mol. The standard InChI is InChI=1S/C14H19ClN2O4S/c1-9(18)16-12-8-10(6-7-11(12)15)17-22(20,21)14-5-3-2-4-13(14)19/h6-8,13-14,17,19H,2-5H2,1H3,(H,16,18). The Morgan fingerprint density at radius 3 is 2.64 bits per heavy atom. The van der Waals surface area contributed by atoms with E-state index in [0.717, 1.165) is 12.8 Å². The van der Waals surface area contributed by atoms with Crippen molar-refractivity contribution in [2.45, 2.75) is 44.0 Å². The van der Waals surface area contributed by atoms with Gasteiger partial charge < -0.3 is 10.4 Å². The third-order valence-electron chi connectivity index (χ3n) is 3.60. The number of sulfonamides is 1. The van der Waals surface area contributed by atoms with Crippen LogP contribution in [0.15, 0.2) is 18.2 Å². The van der Waals surface area contributed by atoms with Crippen molar-refractivity contribution in [1.82, 2.24) is 0 Å². The Morgan fingerprint density at radius 1 is 1.32 bits per heavy atom. The van der Waals surface area contributed by atoms with Crippen molar-refractivity contribution in [2.75, 3.05) is 10.0 Å². The molecule has 22 heavy (non-hydrogen) atoms. The molecule has 1 aliphatic carbocycles. The zero-order valence-corrected chi connectivity index (χ0v) is 13.7. The summed E-state index contributed by atoms with van der Waals surface area (Å²) < 4.78 is 27.2. The van der Waals surface area contributed by atoms with Gasteiger partial charge in [-0.05, 0) is 31.0 Å². The van der Waals surface area contributed by atoms with E-state index < -0.39 is 21.4 Å². The molecule has 2 atom stereocenters. The second-order valence-corrected chi connectivity index (χ2v) is 7.72. The monoisotopic (exact) mass is 346 g/mol. The lowest BCUT2D eigenvalue weighted by molar-refractivity contribution is -0.114. The summed E-state index contributed by atoms with van der Waals surface area (Å²) in [6, 6.07) is 4.47. The molecule has 3 N–H and O–H groups in total. The topological polar surface area (TPSA) is 95.5 Å². The number of aliphatic hydroxyl groups excluding tert-OH is 1. The number of carbonyl (C=O) groups is 1. The fourth-order valence-electron chi connectivity index (χ4n) is 2.55. The van der Waals surface area contributed by atoms with Gasteiger partial charge in [0, 0.05) is 6.92 Å². The number of nitrogens with one attached hydrogen (secondary N) is 2. The number of halogens is 1. The molecule has 0 radical (unpaired) electrons. The van der Waals surface area contributed by atoms with Gasteiger partial charge in [0.1, 0.15) is 5.25 Å². The van der Waals surface area contributed by atoms with Gasteiger partial charge in [-0.3, -0.25) is 9.52 Å². The van der Waals surface area contributed by atoms with Crippen LogP contribution in [0.3, 0.4) is 0 Å². The van der Waals surface area contributed by atoms with Gasteiger partial charge in [0.15, 0.2) is 0 Å². The summed E-state index contributed by atoms with van der Waals surface area (Å²) in [5.41, 5.74) is 0.629. The molecule has 8 heteroatoms. The number of benzene rings is 1. The first-order valence-electron chi connectivity index (χ1n) is 7.06. The lowest BCUT2D eigenvalue weighted by atomic mass is 9.97. The normalized spacial score (nSPS) is 22.1. The van der Waals surface area contributed by atoms with Crippen LogP contribution in [-0.2, 0) is 14.8 Å². The smallest absolute Gasteiger partial charge is 0.238 e. The van der Waals surface area contributed by atoms with Gasteiger partial charge >= 0.3 is 0 Å². The Balaban J connectivity index is 2.20. The summed E-state index contributed by atoms with van der Waals surface area (Å²) in [6.07, 6.45) is 1.68. The van der Waals surface area contributed by atoms with E-state index in [0.29, 0.717) is 29.2 Å². The Morgan fingerprint density at radius 2 is 2.00 bits per heavy atom. The molecule has 0 saturated heterocycles. The van der Waals surface area contributed by atoms with Gasteiger partial charge in [-0.25, -0.2) is 8.42 Å². The Hall–Kier alpha value is -1.31. The van der Waals surface area contributed by atoms with E-state index in [9.17, 15) is 18.3 Å². The van der Waals surface area contributed by atoms with E-state index in [1.165, 1.54) is 25.1 Å². The maximum atomic E-state index is 12.4. The van der Waals surface area contributed by atoms with E-state index in [1.54, 1.807) is 0 Å². The van der Waals surface area contributed by atoms with Crippen LogP contribution in [-0.4, -0.2) is 30.8 Å². The SMILES string of the molecule is CC(=O)Nc1cc(NS(=O)(=O)C2CCCCC2O)ccc1Cl. The number of hydrogen-bond donors (Lipinski definition) is 3. The largest absolute Gasteiger partial charge is 0.392 e.